The van der Waals surface area contributed by atoms with E-state index in [4.69, 9.17) is 9.47 Å². The van der Waals surface area contributed by atoms with E-state index in [0.717, 1.165) is 5.39 Å². The average Bonchev–Trinajstić information content (AvgIpc) is 2.68. The van der Waals surface area contributed by atoms with E-state index >= 15 is 0 Å². The highest BCUT2D eigenvalue weighted by Crippen LogP contribution is 2.29. The van der Waals surface area contributed by atoms with Gasteiger partial charge in [-0.2, -0.15) is 0 Å². The van der Waals surface area contributed by atoms with Crippen molar-refractivity contribution in [3.05, 3.63) is 66.2 Å². The number of benzene rings is 3. The Bertz CT molecular complexity index is 982. The molecule has 6 heteroatoms. The molecule has 0 aliphatic rings. The Balaban J connectivity index is 1.69. The summed E-state index contributed by atoms with van der Waals surface area (Å²) in [5, 5.41) is 14.3. The summed E-state index contributed by atoms with van der Waals surface area (Å²) in [6.07, 6.45) is -1.04. The number of hydrogen-bond donors (Lipinski definition) is 2. The Labute approximate surface area is 156 Å². The molecule has 0 aromatic heterocycles. The number of aromatic hydroxyl groups is 1. The predicted molar refractivity (Wildman–Crippen MR) is 102 cm³/mol. The molecule has 0 heterocycles. The van der Waals surface area contributed by atoms with E-state index in [0.29, 0.717) is 16.8 Å². The number of hydrogen-bond acceptors (Lipinski definition) is 5. The fraction of sp³-hybridized carbons (Fsp3) is 0.143. The summed E-state index contributed by atoms with van der Waals surface area (Å²) in [6.45, 7) is 1.47. The van der Waals surface area contributed by atoms with Crippen LogP contribution in [0.25, 0.3) is 10.8 Å². The molecular weight excluding hydrogens is 346 g/mol. The van der Waals surface area contributed by atoms with E-state index in [9.17, 15) is 14.7 Å². The quantitative estimate of drug-likeness (QED) is 0.673. The van der Waals surface area contributed by atoms with Crippen molar-refractivity contribution in [1.29, 1.82) is 0 Å². The van der Waals surface area contributed by atoms with Gasteiger partial charge in [-0.1, -0.05) is 30.3 Å². The lowest BCUT2D eigenvalue weighted by molar-refractivity contribution is -0.123. The summed E-state index contributed by atoms with van der Waals surface area (Å²) in [4.78, 5) is 24.6. The minimum atomic E-state index is -1.04. The number of phenolic OH excluding ortho intramolecular Hbond substituents is 1. The molecule has 0 saturated carbocycles. The summed E-state index contributed by atoms with van der Waals surface area (Å²) < 4.78 is 10.3. The second-order valence-electron chi connectivity index (χ2n) is 5.95. The van der Waals surface area contributed by atoms with Gasteiger partial charge in [0.2, 0.25) is 0 Å². The van der Waals surface area contributed by atoms with Gasteiger partial charge in [0.15, 0.2) is 6.10 Å². The molecule has 3 rings (SSSR count). The molecule has 0 aliphatic carbocycles. The lowest BCUT2D eigenvalue weighted by atomic mass is 10.1. The van der Waals surface area contributed by atoms with Crippen LogP contribution in [0.3, 0.4) is 0 Å². The largest absolute Gasteiger partial charge is 0.506 e. The Morgan fingerprint density at radius 1 is 1.00 bits per heavy atom. The molecule has 1 atom stereocenters. The predicted octanol–water partition coefficient (Wildman–Crippen LogP) is 3.74. The maximum absolute atomic E-state index is 12.4. The van der Waals surface area contributed by atoms with Crippen LogP contribution in [-0.4, -0.2) is 30.2 Å². The summed E-state index contributed by atoms with van der Waals surface area (Å²) in [5.41, 5.74) is 0.565. The van der Waals surface area contributed by atoms with Crippen LogP contribution in [-0.2, 0) is 9.53 Å². The zero-order valence-corrected chi connectivity index (χ0v) is 14.9. The molecule has 6 nitrogen and oxygen atoms in total. The van der Waals surface area contributed by atoms with Crippen LogP contribution in [0.5, 0.6) is 11.5 Å². The number of methoxy groups -OCH3 is 1. The highest BCUT2D eigenvalue weighted by Gasteiger charge is 2.22. The van der Waals surface area contributed by atoms with Gasteiger partial charge in [0.1, 0.15) is 17.1 Å². The number of amides is 1. The van der Waals surface area contributed by atoms with Gasteiger partial charge in [-0.3, -0.25) is 4.79 Å². The van der Waals surface area contributed by atoms with Crippen LogP contribution in [0, 0.1) is 0 Å². The van der Waals surface area contributed by atoms with Crippen molar-refractivity contribution in [3.8, 4) is 11.5 Å². The third kappa shape index (κ3) is 4.00. The van der Waals surface area contributed by atoms with Crippen LogP contribution in [0.2, 0.25) is 0 Å². The van der Waals surface area contributed by atoms with Crippen molar-refractivity contribution >= 4 is 28.3 Å². The number of carbonyl (C=O) groups is 2. The van der Waals surface area contributed by atoms with Gasteiger partial charge in [-0.05, 0) is 42.6 Å². The van der Waals surface area contributed by atoms with Gasteiger partial charge in [0, 0.05) is 11.1 Å². The van der Waals surface area contributed by atoms with E-state index in [1.807, 2.05) is 12.1 Å². The number of anilines is 1. The molecule has 0 aliphatic heterocycles. The van der Waals surface area contributed by atoms with Crippen LogP contribution in [0.1, 0.15) is 17.3 Å². The minimum absolute atomic E-state index is 0.0118. The van der Waals surface area contributed by atoms with E-state index in [2.05, 4.69) is 5.32 Å². The van der Waals surface area contributed by atoms with Crippen LogP contribution in [0.15, 0.2) is 60.7 Å². The maximum atomic E-state index is 12.4. The number of fused-ring (bicyclic) bond motifs is 1. The molecular formula is C21H19NO5. The number of ether oxygens (including phenoxy) is 2. The van der Waals surface area contributed by atoms with Crippen molar-refractivity contribution in [2.45, 2.75) is 13.0 Å². The first-order valence-electron chi connectivity index (χ1n) is 8.36. The SMILES string of the molecule is COc1ccc(NC(=O)C(C)OC(=O)c2ccc3ccccc3c2O)cc1. The molecule has 3 aromatic carbocycles. The number of esters is 1. The van der Waals surface area contributed by atoms with E-state index < -0.39 is 18.0 Å². The zero-order valence-electron chi connectivity index (χ0n) is 14.9. The zero-order chi connectivity index (χ0) is 19.4. The normalized spacial score (nSPS) is 11.6. The molecule has 1 amide bonds. The monoisotopic (exact) mass is 365 g/mol. The Hall–Kier alpha value is -3.54. The minimum Gasteiger partial charge on any atom is -0.506 e. The first-order chi connectivity index (χ1) is 13.0. The van der Waals surface area contributed by atoms with Gasteiger partial charge in [-0.25, -0.2) is 4.79 Å². The Morgan fingerprint density at radius 2 is 1.70 bits per heavy atom. The number of nitrogens with one attached hydrogen (secondary N) is 1. The summed E-state index contributed by atoms with van der Waals surface area (Å²) in [5.74, 6) is -0.746. The standard InChI is InChI=1S/C21H19NO5/c1-13(20(24)22-15-8-10-16(26-2)11-9-15)27-21(25)18-12-7-14-5-3-4-6-17(14)19(18)23/h3-13,23H,1-2H3,(H,22,24). The first kappa shape index (κ1) is 18.3. The van der Waals surface area contributed by atoms with Crippen molar-refractivity contribution in [2.75, 3.05) is 12.4 Å². The number of carbonyl (C=O) groups excluding carboxylic acids is 2. The molecule has 0 fully saturated rings. The first-order valence-corrected chi connectivity index (χ1v) is 8.36. The van der Waals surface area contributed by atoms with Crippen molar-refractivity contribution in [3.63, 3.8) is 0 Å². The van der Waals surface area contributed by atoms with E-state index in [-0.39, 0.29) is 11.3 Å². The van der Waals surface area contributed by atoms with Gasteiger partial charge in [-0.15, -0.1) is 0 Å². The van der Waals surface area contributed by atoms with Crippen molar-refractivity contribution in [1.82, 2.24) is 0 Å². The van der Waals surface area contributed by atoms with Gasteiger partial charge in [0.25, 0.3) is 5.91 Å². The van der Waals surface area contributed by atoms with Crippen LogP contribution >= 0.6 is 0 Å². The molecule has 138 valence electrons. The molecule has 0 saturated heterocycles. The highest BCUT2D eigenvalue weighted by atomic mass is 16.5. The topological polar surface area (TPSA) is 84.9 Å². The number of phenols is 1. The molecule has 2 N–H and O–H groups in total. The molecule has 0 bridgehead atoms. The number of rotatable bonds is 5. The lowest BCUT2D eigenvalue weighted by Crippen LogP contribution is -2.30. The molecule has 27 heavy (non-hydrogen) atoms. The second-order valence-corrected chi connectivity index (χ2v) is 5.95. The molecule has 1 unspecified atom stereocenters. The maximum Gasteiger partial charge on any atom is 0.342 e. The van der Waals surface area contributed by atoms with Gasteiger partial charge in [0.05, 0.1) is 7.11 Å². The molecule has 0 radical (unpaired) electrons. The average molecular weight is 365 g/mol. The highest BCUT2D eigenvalue weighted by molar-refractivity contribution is 6.02. The van der Waals surface area contributed by atoms with Crippen molar-refractivity contribution < 1.29 is 24.2 Å². The second kappa shape index (κ2) is 7.78. The van der Waals surface area contributed by atoms with Crippen LogP contribution < -0.4 is 10.1 Å². The lowest BCUT2D eigenvalue weighted by Gasteiger charge is -2.15. The van der Waals surface area contributed by atoms with Crippen LogP contribution in [0.4, 0.5) is 5.69 Å². The molecule has 3 aromatic rings. The van der Waals surface area contributed by atoms with E-state index in [1.54, 1.807) is 49.6 Å². The Morgan fingerprint density at radius 3 is 2.41 bits per heavy atom. The molecule has 0 spiro atoms. The van der Waals surface area contributed by atoms with Gasteiger partial charge >= 0.3 is 5.97 Å². The van der Waals surface area contributed by atoms with Gasteiger partial charge < -0.3 is 19.9 Å². The third-order valence-corrected chi connectivity index (χ3v) is 4.13. The fourth-order valence-corrected chi connectivity index (χ4v) is 2.62. The summed E-state index contributed by atoms with van der Waals surface area (Å²) in [6, 6.07) is 17.1. The van der Waals surface area contributed by atoms with E-state index in [1.165, 1.54) is 13.0 Å². The smallest absolute Gasteiger partial charge is 0.342 e. The summed E-state index contributed by atoms with van der Waals surface area (Å²) in [7, 11) is 1.55. The summed E-state index contributed by atoms with van der Waals surface area (Å²) >= 11 is 0. The Kier molecular flexibility index (Phi) is 5.26. The van der Waals surface area contributed by atoms with Crippen molar-refractivity contribution in [2.24, 2.45) is 0 Å². The third-order valence-electron chi connectivity index (χ3n) is 4.13. The fourth-order valence-electron chi connectivity index (χ4n) is 2.62.